The number of carbonyl (C=O) groups is 1. The molecule has 3 rings (SSSR count). The molecule has 0 saturated carbocycles. The summed E-state index contributed by atoms with van der Waals surface area (Å²) in [6, 6.07) is 16.6. The van der Waals surface area contributed by atoms with E-state index >= 15 is 0 Å². The maximum Gasteiger partial charge on any atom is 0.236 e. The second-order valence-electron chi connectivity index (χ2n) is 7.60. The van der Waals surface area contributed by atoms with Gasteiger partial charge in [-0.2, -0.15) is 0 Å². The molecular formula is C23H31N3O2. The number of ether oxygens (including phenoxy) is 1. The molecule has 0 unspecified atom stereocenters. The quantitative estimate of drug-likeness (QED) is 0.739. The van der Waals surface area contributed by atoms with Crippen LogP contribution in [0.3, 0.4) is 0 Å². The number of piperazine rings is 1. The van der Waals surface area contributed by atoms with E-state index in [-0.39, 0.29) is 5.91 Å². The van der Waals surface area contributed by atoms with Crippen LogP contribution in [-0.2, 0) is 17.9 Å². The van der Waals surface area contributed by atoms with E-state index < -0.39 is 0 Å². The molecule has 1 amide bonds. The molecule has 0 atom stereocenters. The lowest BCUT2D eigenvalue weighted by Crippen LogP contribution is -2.49. The van der Waals surface area contributed by atoms with E-state index in [0.717, 1.165) is 44.0 Å². The Bertz CT molecular complexity index is 771. The maximum atomic E-state index is 12.7. The van der Waals surface area contributed by atoms with Crippen LogP contribution in [0.15, 0.2) is 48.5 Å². The number of hydrogen-bond donors (Lipinski definition) is 0. The highest BCUT2D eigenvalue weighted by molar-refractivity contribution is 5.78. The van der Waals surface area contributed by atoms with Crippen LogP contribution in [0.25, 0.3) is 0 Å². The summed E-state index contributed by atoms with van der Waals surface area (Å²) in [5, 5.41) is 0. The Morgan fingerprint density at radius 2 is 1.71 bits per heavy atom. The molecule has 1 heterocycles. The topological polar surface area (TPSA) is 36.0 Å². The van der Waals surface area contributed by atoms with Gasteiger partial charge >= 0.3 is 0 Å². The second kappa shape index (κ2) is 9.71. The monoisotopic (exact) mass is 381 g/mol. The van der Waals surface area contributed by atoms with Crippen molar-refractivity contribution >= 4 is 5.91 Å². The van der Waals surface area contributed by atoms with E-state index in [4.69, 9.17) is 4.74 Å². The van der Waals surface area contributed by atoms with Gasteiger partial charge in [0.15, 0.2) is 0 Å². The van der Waals surface area contributed by atoms with Gasteiger partial charge in [0, 0.05) is 51.9 Å². The fourth-order valence-corrected chi connectivity index (χ4v) is 3.63. The van der Waals surface area contributed by atoms with Crippen molar-refractivity contribution in [1.29, 1.82) is 0 Å². The molecule has 0 aliphatic carbocycles. The van der Waals surface area contributed by atoms with E-state index in [2.05, 4.69) is 53.1 Å². The minimum Gasteiger partial charge on any atom is -0.496 e. The molecule has 5 heteroatoms. The van der Waals surface area contributed by atoms with Crippen LogP contribution in [0, 0.1) is 6.92 Å². The zero-order valence-electron chi connectivity index (χ0n) is 17.2. The van der Waals surface area contributed by atoms with Gasteiger partial charge in [-0.1, -0.05) is 48.0 Å². The number of hydrogen-bond acceptors (Lipinski definition) is 4. The first-order valence-corrected chi connectivity index (χ1v) is 9.91. The van der Waals surface area contributed by atoms with Crippen molar-refractivity contribution in [2.24, 2.45) is 0 Å². The molecule has 0 bridgehead atoms. The van der Waals surface area contributed by atoms with Gasteiger partial charge in [0.1, 0.15) is 5.75 Å². The number of carbonyl (C=O) groups excluding carboxylic acids is 1. The molecule has 0 aromatic heterocycles. The predicted octanol–water partition coefficient (Wildman–Crippen LogP) is 2.78. The number of aryl methyl sites for hydroxylation is 1. The fourth-order valence-electron chi connectivity index (χ4n) is 3.63. The molecule has 0 spiro atoms. The van der Waals surface area contributed by atoms with Crippen molar-refractivity contribution in [2.45, 2.75) is 20.0 Å². The summed E-state index contributed by atoms with van der Waals surface area (Å²) in [6.07, 6.45) is 0. The van der Waals surface area contributed by atoms with E-state index in [1.54, 1.807) is 12.0 Å². The average molecular weight is 382 g/mol. The Labute approximate surface area is 168 Å². The first-order chi connectivity index (χ1) is 13.5. The zero-order chi connectivity index (χ0) is 19.9. The van der Waals surface area contributed by atoms with Crippen molar-refractivity contribution in [1.82, 2.24) is 14.7 Å². The summed E-state index contributed by atoms with van der Waals surface area (Å²) in [6.45, 7) is 7.94. The van der Waals surface area contributed by atoms with Gasteiger partial charge in [0.05, 0.1) is 13.7 Å². The Morgan fingerprint density at radius 3 is 2.39 bits per heavy atom. The number of methoxy groups -OCH3 is 1. The van der Waals surface area contributed by atoms with Gasteiger partial charge in [-0.15, -0.1) is 0 Å². The molecular weight excluding hydrogens is 350 g/mol. The molecule has 0 N–H and O–H groups in total. The minimum absolute atomic E-state index is 0.153. The number of nitrogens with zero attached hydrogens (tertiary/aromatic N) is 3. The predicted molar refractivity (Wildman–Crippen MR) is 112 cm³/mol. The van der Waals surface area contributed by atoms with Crippen molar-refractivity contribution in [2.75, 3.05) is 46.9 Å². The second-order valence-corrected chi connectivity index (χ2v) is 7.60. The molecule has 2 aromatic carbocycles. The Balaban J connectivity index is 1.47. The molecule has 2 aromatic rings. The zero-order valence-corrected chi connectivity index (χ0v) is 17.2. The Morgan fingerprint density at radius 1 is 1.04 bits per heavy atom. The van der Waals surface area contributed by atoms with E-state index in [9.17, 15) is 4.79 Å². The SMILES string of the molecule is COc1ccc(C)cc1CN(C)C(=O)CN1CCN(Cc2ccccc2)CC1. The van der Waals surface area contributed by atoms with Crippen LogP contribution in [-0.4, -0.2) is 67.5 Å². The lowest BCUT2D eigenvalue weighted by atomic mass is 10.1. The first kappa shape index (κ1) is 20.4. The molecule has 0 radical (unpaired) electrons. The third-order valence-electron chi connectivity index (χ3n) is 5.34. The third-order valence-corrected chi connectivity index (χ3v) is 5.34. The van der Waals surface area contributed by atoms with Gasteiger partial charge in [0.2, 0.25) is 5.91 Å². The molecule has 1 aliphatic heterocycles. The lowest BCUT2D eigenvalue weighted by molar-refractivity contribution is -0.132. The fraction of sp³-hybridized carbons (Fsp3) is 0.435. The maximum absolute atomic E-state index is 12.7. The number of amides is 1. The molecule has 150 valence electrons. The van der Waals surface area contributed by atoms with Crippen molar-refractivity contribution in [3.8, 4) is 5.75 Å². The average Bonchev–Trinajstić information content (AvgIpc) is 2.70. The number of rotatable bonds is 7. The van der Waals surface area contributed by atoms with Gasteiger partial charge in [-0.05, 0) is 18.6 Å². The molecule has 1 fully saturated rings. The van der Waals surface area contributed by atoms with Crippen LogP contribution in [0.5, 0.6) is 5.75 Å². The summed E-state index contributed by atoms with van der Waals surface area (Å²) in [5.41, 5.74) is 3.57. The third kappa shape index (κ3) is 5.57. The highest BCUT2D eigenvalue weighted by atomic mass is 16.5. The highest BCUT2D eigenvalue weighted by Crippen LogP contribution is 2.21. The van der Waals surface area contributed by atoms with Gasteiger partial charge in [-0.25, -0.2) is 0 Å². The summed E-state index contributed by atoms with van der Waals surface area (Å²) in [4.78, 5) is 19.2. The van der Waals surface area contributed by atoms with E-state index in [0.29, 0.717) is 13.1 Å². The summed E-state index contributed by atoms with van der Waals surface area (Å²) >= 11 is 0. The van der Waals surface area contributed by atoms with Crippen molar-refractivity contribution < 1.29 is 9.53 Å². The van der Waals surface area contributed by atoms with E-state index in [1.807, 2.05) is 19.2 Å². The van der Waals surface area contributed by atoms with Gasteiger partial charge < -0.3 is 9.64 Å². The van der Waals surface area contributed by atoms with Crippen LogP contribution in [0.4, 0.5) is 0 Å². The summed E-state index contributed by atoms with van der Waals surface area (Å²) < 4.78 is 5.44. The van der Waals surface area contributed by atoms with Crippen LogP contribution in [0.2, 0.25) is 0 Å². The standard InChI is InChI=1S/C23H31N3O2/c1-19-9-10-22(28-3)21(15-19)17-24(2)23(27)18-26-13-11-25(12-14-26)16-20-7-5-4-6-8-20/h4-10,15H,11-14,16-18H2,1-3H3. The van der Waals surface area contributed by atoms with E-state index in [1.165, 1.54) is 11.1 Å². The normalized spacial score (nSPS) is 15.4. The van der Waals surface area contributed by atoms with Crippen molar-refractivity contribution in [3.63, 3.8) is 0 Å². The van der Waals surface area contributed by atoms with Crippen molar-refractivity contribution in [3.05, 3.63) is 65.2 Å². The van der Waals surface area contributed by atoms with Crippen LogP contribution in [0.1, 0.15) is 16.7 Å². The largest absolute Gasteiger partial charge is 0.496 e. The summed E-state index contributed by atoms with van der Waals surface area (Å²) in [5.74, 6) is 0.986. The highest BCUT2D eigenvalue weighted by Gasteiger charge is 2.21. The summed E-state index contributed by atoms with van der Waals surface area (Å²) in [7, 11) is 3.54. The number of likely N-dealkylation sites (N-methyl/N-ethyl adjacent to an activating group) is 1. The molecule has 28 heavy (non-hydrogen) atoms. The molecule has 1 saturated heterocycles. The van der Waals surface area contributed by atoms with Gasteiger partial charge in [-0.3, -0.25) is 14.6 Å². The smallest absolute Gasteiger partial charge is 0.236 e. The molecule has 1 aliphatic rings. The van der Waals surface area contributed by atoms with Crippen LogP contribution < -0.4 is 4.74 Å². The lowest BCUT2D eigenvalue weighted by Gasteiger charge is -2.35. The Kier molecular flexibility index (Phi) is 7.06. The minimum atomic E-state index is 0.153. The van der Waals surface area contributed by atoms with Crippen LogP contribution >= 0.6 is 0 Å². The number of benzene rings is 2. The van der Waals surface area contributed by atoms with Gasteiger partial charge in [0.25, 0.3) is 0 Å². The molecule has 5 nitrogen and oxygen atoms in total. The Hall–Kier alpha value is -2.37. The first-order valence-electron chi connectivity index (χ1n) is 9.91.